The molecular formula is C16H11NO4. The van der Waals surface area contributed by atoms with Gasteiger partial charge in [0.1, 0.15) is 5.75 Å². The molecule has 1 amide bonds. The van der Waals surface area contributed by atoms with Gasteiger partial charge >= 0.3 is 5.97 Å². The first-order chi connectivity index (χ1) is 10.2. The Kier molecular flexibility index (Phi) is 3.23. The Labute approximate surface area is 120 Å². The summed E-state index contributed by atoms with van der Waals surface area (Å²) in [5.41, 5.74) is 0.757. The zero-order valence-corrected chi connectivity index (χ0v) is 10.9. The molecule has 1 unspecified atom stereocenters. The van der Waals surface area contributed by atoms with Gasteiger partial charge in [-0.3, -0.25) is 14.4 Å². The summed E-state index contributed by atoms with van der Waals surface area (Å²) in [6.45, 7) is 0. The van der Waals surface area contributed by atoms with E-state index in [0.29, 0.717) is 5.69 Å². The van der Waals surface area contributed by atoms with E-state index in [1.807, 2.05) is 0 Å². The van der Waals surface area contributed by atoms with Gasteiger partial charge in [-0.25, -0.2) is 0 Å². The standard InChI is InChI=1S/C16H11NO4/c18-14-11-8-4-5-9-12(11)21-16(20)13(14)15(19)17-10-6-2-1-3-7-10/h1-9,13H,(H,17,19). The minimum absolute atomic E-state index is 0.191. The van der Waals surface area contributed by atoms with Crippen LogP contribution in [0.1, 0.15) is 10.4 Å². The second-order valence-corrected chi connectivity index (χ2v) is 4.57. The third-order valence-electron chi connectivity index (χ3n) is 3.16. The maximum absolute atomic E-state index is 12.3. The summed E-state index contributed by atoms with van der Waals surface area (Å²) in [7, 11) is 0. The maximum Gasteiger partial charge on any atom is 0.332 e. The minimum Gasteiger partial charge on any atom is -0.425 e. The van der Waals surface area contributed by atoms with Crippen LogP contribution in [0.4, 0.5) is 5.69 Å². The highest BCUT2D eigenvalue weighted by molar-refractivity contribution is 6.27. The van der Waals surface area contributed by atoms with E-state index in [0.717, 1.165) is 0 Å². The molecule has 5 nitrogen and oxygen atoms in total. The van der Waals surface area contributed by atoms with Gasteiger partial charge in [0.2, 0.25) is 5.91 Å². The molecule has 0 aliphatic carbocycles. The second kappa shape index (κ2) is 5.20. The molecule has 1 aliphatic heterocycles. The lowest BCUT2D eigenvalue weighted by Gasteiger charge is -2.21. The molecule has 5 heteroatoms. The first-order valence-electron chi connectivity index (χ1n) is 6.37. The van der Waals surface area contributed by atoms with Crippen LogP contribution in [0, 0.1) is 5.92 Å². The van der Waals surface area contributed by atoms with E-state index < -0.39 is 23.6 Å². The molecule has 104 valence electrons. The number of esters is 1. The predicted octanol–water partition coefficient (Wildman–Crippen LogP) is 2.04. The molecule has 1 heterocycles. The van der Waals surface area contributed by atoms with Crippen LogP contribution in [0.15, 0.2) is 54.6 Å². The van der Waals surface area contributed by atoms with Crippen LogP contribution in [0.2, 0.25) is 0 Å². The SMILES string of the molecule is O=C(Nc1ccccc1)C1C(=O)Oc2ccccc2C1=O. The fourth-order valence-electron chi connectivity index (χ4n) is 2.15. The number of ketones is 1. The highest BCUT2D eigenvalue weighted by Crippen LogP contribution is 2.28. The van der Waals surface area contributed by atoms with Crippen LogP contribution in [0.3, 0.4) is 0 Å². The molecule has 0 aromatic heterocycles. The van der Waals surface area contributed by atoms with Crippen LogP contribution in [-0.4, -0.2) is 17.7 Å². The summed E-state index contributed by atoms with van der Waals surface area (Å²) in [6, 6.07) is 15.0. The van der Waals surface area contributed by atoms with Crippen molar-refractivity contribution in [3.63, 3.8) is 0 Å². The lowest BCUT2D eigenvalue weighted by molar-refractivity contribution is -0.141. The summed E-state index contributed by atoms with van der Waals surface area (Å²) in [4.78, 5) is 36.4. The Morgan fingerprint density at radius 3 is 2.38 bits per heavy atom. The summed E-state index contributed by atoms with van der Waals surface area (Å²) in [5, 5.41) is 2.54. The third-order valence-corrected chi connectivity index (χ3v) is 3.16. The smallest absolute Gasteiger partial charge is 0.332 e. The Morgan fingerprint density at radius 1 is 0.952 bits per heavy atom. The summed E-state index contributed by atoms with van der Waals surface area (Å²) in [6.07, 6.45) is 0. The number of para-hydroxylation sites is 2. The number of carbonyl (C=O) groups is 3. The van der Waals surface area contributed by atoms with E-state index >= 15 is 0 Å². The van der Waals surface area contributed by atoms with Crippen molar-refractivity contribution < 1.29 is 19.1 Å². The quantitative estimate of drug-likeness (QED) is 0.519. The number of fused-ring (bicyclic) bond motifs is 1. The van der Waals surface area contributed by atoms with Crippen molar-refractivity contribution in [3.05, 3.63) is 60.2 Å². The van der Waals surface area contributed by atoms with Gasteiger partial charge in [0.05, 0.1) is 5.56 Å². The maximum atomic E-state index is 12.3. The van der Waals surface area contributed by atoms with Crippen molar-refractivity contribution in [1.82, 2.24) is 0 Å². The summed E-state index contributed by atoms with van der Waals surface area (Å²) >= 11 is 0. The Hall–Kier alpha value is -2.95. The van der Waals surface area contributed by atoms with Gasteiger partial charge in [0.15, 0.2) is 11.7 Å². The number of ether oxygens (including phenoxy) is 1. The number of nitrogens with one attached hydrogen (secondary N) is 1. The second-order valence-electron chi connectivity index (χ2n) is 4.57. The van der Waals surface area contributed by atoms with Crippen molar-refractivity contribution in [2.75, 3.05) is 5.32 Å². The van der Waals surface area contributed by atoms with E-state index in [2.05, 4.69) is 5.32 Å². The Bertz CT molecular complexity index is 724. The molecule has 0 saturated heterocycles. The van der Waals surface area contributed by atoms with Crippen LogP contribution in [-0.2, 0) is 9.59 Å². The molecule has 1 aliphatic rings. The van der Waals surface area contributed by atoms with Crippen molar-refractivity contribution in [1.29, 1.82) is 0 Å². The number of anilines is 1. The van der Waals surface area contributed by atoms with E-state index in [4.69, 9.17) is 4.74 Å². The van der Waals surface area contributed by atoms with Gasteiger partial charge < -0.3 is 10.1 Å². The Balaban J connectivity index is 1.87. The van der Waals surface area contributed by atoms with Crippen LogP contribution in [0.25, 0.3) is 0 Å². The largest absolute Gasteiger partial charge is 0.425 e. The molecule has 0 fully saturated rings. The Morgan fingerprint density at radius 2 is 1.62 bits per heavy atom. The number of hydrogen-bond donors (Lipinski definition) is 1. The molecular weight excluding hydrogens is 270 g/mol. The monoisotopic (exact) mass is 281 g/mol. The van der Waals surface area contributed by atoms with E-state index in [1.165, 1.54) is 12.1 Å². The van der Waals surface area contributed by atoms with E-state index in [1.54, 1.807) is 42.5 Å². The number of hydrogen-bond acceptors (Lipinski definition) is 4. The molecule has 3 rings (SSSR count). The molecule has 2 aromatic carbocycles. The van der Waals surface area contributed by atoms with Gasteiger partial charge in [-0.2, -0.15) is 0 Å². The molecule has 0 bridgehead atoms. The minimum atomic E-state index is -1.47. The molecule has 2 aromatic rings. The molecule has 0 radical (unpaired) electrons. The van der Waals surface area contributed by atoms with Gasteiger partial charge in [-0.1, -0.05) is 30.3 Å². The number of amides is 1. The van der Waals surface area contributed by atoms with Crippen LogP contribution in [0.5, 0.6) is 5.75 Å². The van der Waals surface area contributed by atoms with E-state index in [-0.39, 0.29) is 11.3 Å². The normalized spacial score (nSPS) is 16.9. The summed E-state index contributed by atoms with van der Waals surface area (Å²) in [5.74, 6) is -3.37. The van der Waals surface area contributed by atoms with Crippen LogP contribution >= 0.6 is 0 Å². The zero-order chi connectivity index (χ0) is 14.8. The van der Waals surface area contributed by atoms with Crippen molar-refractivity contribution in [2.45, 2.75) is 0 Å². The van der Waals surface area contributed by atoms with Gasteiger partial charge in [0.25, 0.3) is 0 Å². The van der Waals surface area contributed by atoms with E-state index in [9.17, 15) is 14.4 Å². The fraction of sp³-hybridized carbons (Fsp3) is 0.0625. The van der Waals surface area contributed by atoms with Crippen molar-refractivity contribution >= 4 is 23.3 Å². The van der Waals surface area contributed by atoms with Gasteiger partial charge in [0, 0.05) is 5.69 Å². The first-order valence-corrected chi connectivity index (χ1v) is 6.37. The number of carbonyl (C=O) groups excluding carboxylic acids is 3. The van der Waals surface area contributed by atoms with Crippen molar-refractivity contribution in [3.8, 4) is 5.75 Å². The van der Waals surface area contributed by atoms with Gasteiger partial charge in [-0.05, 0) is 24.3 Å². The average molecular weight is 281 g/mol. The lowest BCUT2D eigenvalue weighted by Crippen LogP contribution is -2.41. The predicted molar refractivity (Wildman–Crippen MR) is 75.0 cm³/mol. The highest BCUT2D eigenvalue weighted by Gasteiger charge is 2.41. The third kappa shape index (κ3) is 2.41. The number of benzene rings is 2. The average Bonchev–Trinajstić information content (AvgIpc) is 2.48. The first kappa shape index (κ1) is 13.1. The number of rotatable bonds is 2. The molecule has 1 atom stereocenters. The number of Topliss-reactive ketones (excluding diaryl/α,β-unsaturated/α-hetero) is 1. The van der Waals surface area contributed by atoms with Crippen LogP contribution < -0.4 is 10.1 Å². The molecule has 1 N–H and O–H groups in total. The van der Waals surface area contributed by atoms with Gasteiger partial charge in [-0.15, -0.1) is 0 Å². The molecule has 0 saturated carbocycles. The highest BCUT2D eigenvalue weighted by atomic mass is 16.5. The topological polar surface area (TPSA) is 72.5 Å². The molecule has 21 heavy (non-hydrogen) atoms. The lowest BCUT2D eigenvalue weighted by atomic mass is 9.93. The van der Waals surface area contributed by atoms with Crippen molar-refractivity contribution in [2.24, 2.45) is 5.92 Å². The zero-order valence-electron chi connectivity index (χ0n) is 10.9. The fourth-order valence-corrected chi connectivity index (χ4v) is 2.15. The summed E-state index contributed by atoms with van der Waals surface area (Å²) < 4.78 is 5.05. The molecule has 0 spiro atoms.